The molecule has 0 bridgehead atoms. The summed E-state index contributed by atoms with van der Waals surface area (Å²) in [7, 11) is -2.15. The lowest BCUT2D eigenvalue weighted by molar-refractivity contribution is 0.408. The minimum Gasteiger partial charge on any atom is -0.532 e. The van der Waals surface area contributed by atoms with Crippen molar-refractivity contribution in [2.75, 3.05) is 0 Å². The Balaban J connectivity index is 1.87. The summed E-state index contributed by atoms with van der Waals surface area (Å²) in [6.07, 6.45) is 0.710. The highest BCUT2D eigenvalue weighted by atomic mass is 16.5. The van der Waals surface area contributed by atoms with Crippen LogP contribution in [0, 0.1) is 0 Å². The van der Waals surface area contributed by atoms with Crippen molar-refractivity contribution >= 4 is 25.2 Å². The highest BCUT2D eigenvalue weighted by Crippen LogP contribution is 2.44. The Morgan fingerprint density at radius 3 is 0.936 bits per heavy atom. The van der Waals surface area contributed by atoms with Crippen molar-refractivity contribution in [2.24, 2.45) is 0 Å². The van der Waals surface area contributed by atoms with Gasteiger partial charge in [0, 0.05) is 0 Å². The number of hydrogen-bond acceptors (Lipinski definition) is 4. The molecule has 0 amide bonds. The lowest BCUT2D eigenvalue weighted by Gasteiger charge is -2.33. The van der Waals surface area contributed by atoms with Gasteiger partial charge in [0.2, 0.25) is 0 Å². The van der Waals surface area contributed by atoms with E-state index < -0.39 is 14.2 Å². The average molecular weight is 633 g/mol. The fourth-order valence-corrected chi connectivity index (χ4v) is 5.89. The summed E-state index contributed by atoms with van der Waals surface area (Å²) in [5.41, 5.74) is 7.11. The Kier molecular flexibility index (Phi) is 10.5. The molecule has 0 fully saturated rings. The standard InChI is InChI=1S/C41H54B2O4/c1-38(2,3)32-24-28(25-33(39(4,5)6)36(32)46-42(44)30-19-15-13-16-20-30)23-29-26-34(40(7,8)9)37(35(27-29)41(10,11)12)47-43(45)31-21-17-14-18-22-31/h13-22,24-27,44-45H,23H2,1-12H3. The van der Waals surface area contributed by atoms with E-state index in [0.29, 0.717) is 6.42 Å². The normalized spacial score (nSPS) is 12.6. The van der Waals surface area contributed by atoms with Gasteiger partial charge in [-0.05, 0) is 72.4 Å². The maximum atomic E-state index is 11.2. The third-order valence-corrected chi connectivity index (χ3v) is 8.57. The molecule has 0 aliphatic carbocycles. The van der Waals surface area contributed by atoms with E-state index in [1.165, 1.54) is 11.1 Å². The summed E-state index contributed by atoms with van der Waals surface area (Å²) in [6.45, 7) is 26.3. The quantitative estimate of drug-likeness (QED) is 0.193. The van der Waals surface area contributed by atoms with E-state index >= 15 is 0 Å². The van der Waals surface area contributed by atoms with Crippen molar-refractivity contribution in [2.45, 2.75) is 111 Å². The molecule has 4 nitrogen and oxygen atoms in total. The molecular formula is C41H54B2O4. The van der Waals surface area contributed by atoms with Crippen LogP contribution in [0.5, 0.6) is 11.5 Å². The van der Waals surface area contributed by atoms with E-state index in [-0.39, 0.29) is 21.7 Å². The van der Waals surface area contributed by atoms with Gasteiger partial charge in [-0.3, -0.25) is 0 Å². The SMILES string of the molecule is CC(C)(C)c1cc(Cc2cc(C(C)(C)C)c(OB(O)c3ccccc3)c(C(C)(C)C)c2)cc(C(C)(C)C)c1OB(O)c1ccccc1. The first-order chi connectivity index (χ1) is 21.7. The Bertz CT molecular complexity index is 1460. The van der Waals surface area contributed by atoms with Crippen molar-refractivity contribution < 1.29 is 19.4 Å². The van der Waals surface area contributed by atoms with E-state index in [2.05, 4.69) is 107 Å². The Morgan fingerprint density at radius 1 is 0.447 bits per heavy atom. The number of hydrogen-bond donors (Lipinski definition) is 2. The molecule has 0 aliphatic rings. The largest absolute Gasteiger partial charge is 0.560 e. The van der Waals surface area contributed by atoms with Gasteiger partial charge in [0.15, 0.2) is 0 Å². The van der Waals surface area contributed by atoms with Gasteiger partial charge in [-0.2, -0.15) is 0 Å². The predicted octanol–water partition coefficient (Wildman–Crippen LogP) is 8.00. The van der Waals surface area contributed by atoms with Gasteiger partial charge in [0.25, 0.3) is 0 Å². The van der Waals surface area contributed by atoms with Crippen molar-refractivity contribution in [3.8, 4) is 11.5 Å². The minimum atomic E-state index is -1.08. The fourth-order valence-electron chi connectivity index (χ4n) is 5.89. The first-order valence-corrected chi connectivity index (χ1v) is 16.8. The molecule has 0 saturated heterocycles. The molecule has 0 unspecified atom stereocenters. The van der Waals surface area contributed by atoms with Crippen molar-refractivity contribution in [3.05, 3.63) is 118 Å². The molecule has 47 heavy (non-hydrogen) atoms. The molecule has 4 rings (SSSR count). The van der Waals surface area contributed by atoms with Gasteiger partial charge in [0.05, 0.1) is 0 Å². The molecule has 6 heteroatoms. The fraction of sp³-hybridized carbons (Fsp3) is 0.415. The Labute approximate surface area is 284 Å². The molecule has 2 N–H and O–H groups in total. The van der Waals surface area contributed by atoms with Gasteiger partial charge >= 0.3 is 14.2 Å². The number of benzene rings is 4. The highest BCUT2D eigenvalue weighted by Gasteiger charge is 2.33. The summed E-state index contributed by atoms with van der Waals surface area (Å²) < 4.78 is 12.9. The molecular weight excluding hydrogens is 578 g/mol. The van der Waals surface area contributed by atoms with Crippen LogP contribution >= 0.6 is 0 Å². The van der Waals surface area contributed by atoms with Crippen LogP contribution in [0.4, 0.5) is 0 Å². The smallest absolute Gasteiger partial charge is 0.532 e. The Morgan fingerprint density at radius 2 is 0.702 bits per heavy atom. The first kappa shape index (κ1) is 36.4. The third-order valence-electron chi connectivity index (χ3n) is 8.57. The molecule has 0 aliphatic heterocycles. The third kappa shape index (κ3) is 8.91. The van der Waals surface area contributed by atoms with Crippen LogP contribution in [0.3, 0.4) is 0 Å². The van der Waals surface area contributed by atoms with Crippen LogP contribution < -0.4 is 20.2 Å². The van der Waals surface area contributed by atoms with Gasteiger partial charge < -0.3 is 19.4 Å². The molecule has 0 radical (unpaired) electrons. The van der Waals surface area contributed by atoms with Crippen LogP contribution in [0.25, 0.3) is 0 Å². The van der Waals surface area contributed by atoms with E-state index in [1.807, 2.05) is 60.7 Å². The molecule has 0 heterocycles. The average Bonchev–Trinajstić information content (AvgIpc) is 2.97. The second-order valence-corrected chi connectivity index (χ2v) is 17.0. The summed E-state index contributed by atoms with van der Waals surface area (Å²) in [5.74, 6) is 1.49. The molecule has 4 aromatic carbocycles. The van der Waals surface area contributed by atoms with Crippen LogP contribution in [0.2, 0.25) is 0 Å². The summed E-state index contributed by atoms with van der Waals surface area (Å²) in [4.78, 5) is 0. The lowest BCUT2D eigenvalue weighted by atomic mass is 9.74. The second kappa shape index (κ2) is 13.6. The summed E-state index contributed by atoms with van der Waals surface area (Å²) in [5, 5.41) is 22.4. The second-order valence-electron chi connectivity index (χ2n) is 17.0. The maximum Gasteiger partial charge on any atom is 0.560 e. The predicted molar refractivity (Wildman–Crippen MR) is 200 cm³/mol. The maximum absolute atomic E-state index is 11.2. The van der Waals surface area contributed by atoms with E-state index in [4.69, 9.17) is 9.31 Å². The van der Waals surface area contributed by atoms with Crippen LogP contribution in [-0.2, 0) is 28.1 Å². The number of rotatable bonds is 8. The molecule has 0 aromatic heterocycles. The molecule has 0 saturated carbocycles. The van der Waals surface area contributed by atoms with Crippen LogP contribution in [0.1, 0.15) is 116 Å². The summed E-state index contributed by atoms with van der Waals surface area (Å²) >= 11 is 0. The molecule has 0 spiro atoms. The zero-order valence-electron chi connectivity index (χ0n) is 30.7. The highest BCUT2D eigenvalue weighted by molar-refractivity contribution is 6.61. The summed E-state index contributed by atoms with van der Waals surface area (Å²) in [6, 6.07) is 28.1. The van der Waals surface area contributed by atoms with Crippen LogP contribution in [0.15, 0.2) is 84.9 Å². The van der Waals surface area contributed by atoms with Crippen LogP contribution in [-0.4, -0.2) is 24.3 Å². The van der Waals surface area contributed by atoms with Gasteiger partial charge in [-0.15, -0.1) is 0 Å². The molecule has 4 aromatic rings. The minimum absolute atomic E-state index is 0.236. The van der Waals surface area contributed by atoms with E-state index in [0.717, 1.165) is 44.7 Å². The van der Waals surface area contributed by atoms with Crippen molar-refractivity contribution in [1.82, 2.24) is 0 Å². The van der Waals surface area contributed by atoms with Crippen molar-refractivity contribution in [1.29, 1.82) is 0 Å². The zero-order valence-corrected chi connectivity index (χ0v) is 30.7. The monoisotopic (exact) mass is 632 g/mol. The molecule has 248 valence electrons. The van der Waals surface area contributed by atoms with Gasteiger partial charge in [-0.25, -0.2) is 0 Å². The topological polar surface area (TPSA) is 58.9 Å². The lowest BCUT2D eigenvalue weighted by Crippen LogP contribution is -2.38. The van der Waals surface area contributed by atoms with Gasteiger partial charge in [0.1, 0.15) is 11.5 Å². The Hall–Kier alpha value is -3.47. The zero-order chi connectivity index (χ0) is 34.9. The first-order valence-electron chi connectivity index (χ1n) is 16.8. The van der Waals surface area contributed by atoms with Gasteiger partial charge in [-0.1, -0.05) is 168 Å². The van der Waals surface area contributed by atoms with Crippen molar-refractivity contribution in [3.63, 3.8) is 0 Å². The molecule has 0 atom stereocenters. The van der Waals surface area contributed by atoms with E-state index in [1.54, 1.807) is 0 Å². The van der Waals surface area contributed by atoms with E-state index in [9.17, 15) is 10.0 Å².